The minimum atomic E-state index is -2.02. The summed E-state index contributed by atoms with van der Waals surface area (Å²) >= 11 is 0. The van der Waals surface area contributed by atoms with Gasteiger partial charge < -0.3 is 4.74 Å². The van der Waals surface area contributed by atoms with Crippen molar-refractivity contribution in [2.75, 3.05) is 0 Å². The maximum atomic E-state index is 13.3. The highest BCUT2D eigenvalue weighted by Gasteiger charge is 2.28. The SMILES string of the molecule is Cc1c(F)c(F)c(F)c(F)c1C(=O)OC(C)C. The van der Waals surface area contributed by atoms with Gasteiger partial charge in [0.05, 0.1) is 6.10 Å². The van der Waals surface area contributed by atoms with Crippen molar-refractivity contribution in [1.82, 2.24) is 0 Å². The Morgan fingerprint density at radius 3 is 1.94 bits per heavy atom. The fourth-order valence-electron chi connectivity index (χ4n) is 1.26. The Hall–Kier alpha value is -1.59. The van der Waals surface area contributed by atoms with Gasteiger partial charge in [-0.1, -0.05) is 0 Å². The van der Waals surface area contributed by atoms with E-state index in [-0.39, 0.29) is 0 Å². The number of rotatable bonds is 2. The van der Waals surface area contributed by atoms with Crippen LogP contribution in [0.1, 0.15) is 29.8 Å². The van der Waals surface area contributed by atoms with Crippen LogP contribution in [-0.4, -0.2) is 12.1 Å². The summed E-state index contributed by atoms with van der Waals surface area (Å²) in [7, 11) is 0. The Bertz CT molecular complexity index is 440. The number of benzene rings is 1. The van der Waals surface area contributed by atoms with Crippen molar-refractivity contribution in [2.45, 2.75) is 26.9 Å². The zero-order valence-electron chi connectivity index (χ0n) is 9.41. The number of hydrogen-bond acceptors (Lipinski definition) is 2. The van der Waals surface area contributed by atoms with Crippen LogP contribution in [0.4, 0.5) is 17.6 Å². The van der Waals surface area contributed by atoms with Gasteiger partial charge in [-0.3, -0.25) is 0 Å². The van der Waals surface area contributed by atoms with Crippen molar-refractivity contribution in [3.05, 3.63) is 34.4 Å². The molecule has 0 aliphatic carbocycles. The molecule has 0 fully saturated rings. The van der Waals surface area contributed by atoms with Crippen molar-refractivity contribution < 1.29 is 27.1 Å². The van der Waals surface area contributed by atoms with Crippen LogP contribution in [0.3, 0.4) is 0 Å². The quantitative estimate of drug-likeness (QED) is 0.349. The summed E-state index contributed by atoms with van der Waals surface area (Å²) in [5.74, 6) is -8.54. The Kier molecular flexibility index (Phi) is 3.75. The normalized spacial score (nSPS) is 10.8. The second-order valence-corrected chi connectivity index (χ2v) is 3.71. The fraction of sp³-hybridized carbons (Fsp3) is 0.364. The van der Waals surface area contributed by atoms with Gasteiger partial charge in [0.1, 0.15) is 5.56 Å². The summed E-state index contributed by atoms with van der Waals surface area (Å²) in [5, 5.41) is 0. The number of carbonyl (C=O) groups excluding carboxylic acids is 1. The van der Waals surface area contributed by atoms with Gasteiger partial charge in [-0.05, 0) is 20.8 Å². The lowest BCUT2D eigenvalue weighted by atomic mass is 10.1. The van der Waals surface area contributed by atoms with Gasteiger partial charge in [0.15, 0.2) is 23.3 Å². The van der Waals surface area contributed by atoms with Crippen molar-refractivity contribution in [3.8, 4) is 0 Å². The molecule has 0 atom stereocenters. The number of esters is 1. The van der Waals surface area contributed by atoms with Crippen LogP contribution in [0.5, 0.6) is 0 Å². The smallest absolute Gasteiger partial charge is 0.341 e. The molecule has 0 saturated heterocycles. The summed E-state index contributed by atoms with van der Waals surface area (Å²) in [4.78, 5) is 11.4. The highest BCUT2D eigenvalue weighted by atomic mass is 19.2. The number of carbonyl (C=O) groups is 1. The second kappa shape index (κ2) is 4.73. The van der Waals surface area contributed by atoms with Crippen LogP contribution < -0.4 is 0 Å². The summed E-state index contributed by atoms with van der Waals surface area (Å²) in [6, 6.07) is 0. The standard InChI is InChI=1S/C11H10F4O2/c1-4(2)17-11(16)6-5(3)7(12)9(14)10(15)8(6)13/h4H,1-3H3. The van der Waals surface area contributed by atoms with Gasteiger partial charge in [0, 0.05) is 5.56 Å². The highest BCUT2D eigenvalue weighted by Crippen LogP contribution is 2.24. The summed E-state index contributed by atoms with van der Waals surface area (Å²) in [5.41, 5.74) is -1.54. The van der Waals surface area contributed by atoms with E-state index in [0.717, 1.165) is 6.92 Å². The summed E-state index contributed by atoms with van der Waals surface area (Å²) in [6.45, 7) is 3.95. The lowest BCUT2D eigenvalue weighted by Gasteiger charge is -2.12. The molecular formula is C11H10F4O2. The highest BCUT2D eigenvalue weighted by molar-refractivity contribution is 5.91. The van der Waals surface area contributed by atoms with E-state index >= 15 is 0 Å². The van der Waals surface area contributed by atoms with Crippen LogP contribution in [-0.2, 0) is 4.74 Å². The molecule has 0 saturated carbocycles. The Labute approximate surface area is 95.2 Å². The average Bonchev–Trinajstić information content (AvgIpc) is 2.23. The van der Waals surface area contributed by atoms with E-state index in [2.05, 4.69) is 4.74 Å². The molecule has 1 aromatic rings. The molecule has 0 aliphatic heterocycles. The molecule has 0 N–H and O–H groups in total. The molecule has 0 aromatic heterocycles. The van der Waals surface area contributed by atoms with Crippen LogP contribution in [0.25, 0.3) is 0 Å². The van der Waals surface area contributed by atoms with Gasteiger partial charge >= 0.3 is 5.97 Å². The molecule has 17 heavy (non-hydrogen) atoms. The van der Waals surface area contributed by atoms with Gasteiger partial charge in [-0.15, -0.1) is 0 Å². The molecule has 94 valence electrons. The number of ether oxygens (including phenoxy) is 1. The molecule has 6 heteroatoms. The van der Waals surface area contributed by atoms with Gasteiger partial charge in [0.2, 0.25) is 0 Å². The zero-order chi connectivity index (χ0) is 13.3. The first-order chi connectivity index (χ1) is 7.77. The minimum Gasteiger partial charge on any atom is -0.459 e. The lowest BCUT2D eigenvalue weighted by molar-refractivity contribution is 0.0369. The summed E-state index contributed by atoms with van der Waals surface area (Å²) in [6.07, 6.45) is -0.586. The molecule has 0 unspecified atom stereocenters. The molecule has 0 bridgehead atoms. The second-order valence-electron chi connectivity index (χ2n) is 3.71. The molecule has 0 heterocycles. The molecule has 0 amide bonds. The van der Waals surface area contributed by atoms with Crippen molar-refractivity contribution in [1.29, 1.82) is 0 Å². The predicted molar refractivity (Wildman–Crippen MR) is 51.6 cm³/mol. The molecular weight excluding hydrogens is 240 g/mol. The summed E-state index contributed by atoms with van der Waals surface area (Å²) < 4.78 is 56.8. The van der Waals surface area contributed by atoms with E-state index in [0.29, 0.717) is 0 Å². The van der Waals surface area contributed by atoms with Crippen molar-refractivity contribution in [2.24, 2.45) is 0 Å². The predicted octanol–water partition coefficient (Wildman–Crippen LogP) is 3.12. The van der Waals surface area contributed by atoms with Gasteiger partial charge in [-0.2, -0.15) is 0 Å². The maximum Gasteiger partial charge on any atom is 0.341 e. The topological polar surface area (TPSA) is 26.3 Å². The van der Waals surface area contributed by atoms with E-state index < -0.39 is 46.5 Å². The van der Waals surface area contributed by atoms with Crippen LogP contribution in [0.15, 0.2) is 0 Å². The van der Waals surface area contributed by atoms with Gasteiger partial charge in [-0.25, -0.2) is 22.4 Å². The molecule has 0 spiro atoms. The monoisotopic (exact) mass is 250 g/mol. The third kappa shape index (κ3) is 2.40. The molecule has 2 nitrogen and oxygen atoms in total. The first kappa shape index (κ1) is 13.5. The number of halogens is 4. The first-order valence-electron chi connectivity index (χ1n) is 4.80. The molecule has 0 aliphatic rings. The number of hydrogen-bond donors (Lipinski definition) is 0. The van der Waals surface area contributed by atoms with E-state index in [1.165, 1.54) is 13.8 Å². The van der Waals surface area contributed by atoms with Crippen LogP contribution in [0, 0.1) is 30.2 Å². The Balaban J connectivity index is 3.39. The Morgan fingerprint density at radius 1 is 1.00 bits per heavy atom. The molecule has 1 aromatic carbocycles. The fourth-order valence-corrected chi connectivity index (χ4v) is 1.26. The van der Waals surface area contributed by atoms with Crippen molar-refractivity contribution in [3.63, 3.8) is 0 Å². The minimum absolute atomic E-state index is 0.586. The average molecular weight is 250 g/mol. The zero-order valence-corrected chi connectivity index (χ0v) is 9.41. The Morgan fingerprint density at radius 2 is 1.47 bits per heavy atom. The molecule has 1 rings (SSSR count). The maximum absolute atomic E-state index is 13.3. The third-order valence-corrected chi connectivity index (χ3v) is 2.05. The van der Waals surface area contributed by atoms with Crippen LogP contribution in [0.2, 0.25) is 0 Å². The third-order valence-electron chi connectivity index (χ3n) is 2.05. The van der Waals surface area contributed by atoms with Gasteiger partial charge in [0.25, 0.3) is 0 Å². The van der Waals surface area contributed by atoms with Crippen LogP contribution >= 0.6 is 0 Å². The van der Waals surface area contributed by atoms with E-state index in [1.807, 2.05) is 0 Å². The lowest BCUT2D eigenvalue weighted by Crippen LogP contribution is -2.17. The molecule has 0 radical (unpaired) electrons. The first-order valence-corrected chi connectivity index (χ1v) is 4.80. The van der Waals surface area contributed by atoms with E-state index in [1.54, 1.807) is 0 Å². The van der Waals surface area contributed by atoms with E-state index in [9.17, 15) is 22.4 Å². The van der Waals surface area contributed by atoms with E-state index in [4.69, 9.17) is 0 Å². The van der Waals surface area contributed by atoms with Crippen molar-refractivity contribution >= 4 is 5.97 Å². The largest absolute Gasteiger partial charge is 0.459 e.